The lowest BCUT2D eigenvalue weighted by molar-refractivity contribution is -0.181. The number of ether oxygens (including phenoxy) is 4. The monoisotopic (exact) mass is 439 g/mol. The van der Waals surface area contributed by atoms with Gasteiger partial charge in [-0.05, 0) is 23.3 Å². The first kappa shape index (κ1) is 21.4. The van der Waals surface area contributed by atoms with Gasteiger partial charge in [0.05, 0.1) is 44.5 Å². The van der Waals surface area contributed by atoms with Crippen LogP contribution in [0.2, 0.25) is 0 Å². The Morgan fingerprint density at radius 1 is 1.03 bits per heavy atom. The third-order valence-corrected chi connectivity index (χ3v) is 7.04. The van der Waals surface area contributed by atoms with Crippen molar-refractivity contribution in [2.45, 2.75) is 50.3 Å². The van der Waals surface area contributed by atoms with Crippen LogP contribution in [0.5, 0.6) is 5.75 Å². The van der Waals surface area contributed by atoms with Gasteiger partial charge in [0.1, 0.15) is 17.9 Å². The number of carbonyl (C=O) groups excluding carboxylic acids is 1. The molecular formula is C25H29NO6. The molecule has 2 aromatic rings. The molecule has 32 heavy (non-hydrogen) atoms. The van der Waals surface area contributed by atoms with E-state index in [0.29, 0.717) is 32.6 Å². The van der Waals surface area contributed by atoms with Gasteiger partial charge < -0.3 is 18.9 Å². The molecule has 0 radical (unpaired) electrons. The van der Waals surface area contributed by atoms with E-state index in [4.69, 9.17) is 23.8 Å². The van der Waals surface area contributed by atoms with Gasteiger partial charge >= 0.3 is 5.97 Å². The molecule has 2 aromatic carbocycles. The molecule has 1 spiro atoms. The number of hydrogen-bond donors (Lipinski definition) is 0. The Morgan fingerprint density at radius 3 is 2.53 bits per heavy atom. The summed E-state index contributed by atoms with van der Waals surface area (Å²) >= 11 is 0. The summed E-state index contributed by atoms with van der Waals surface area (Å²) in [6.07, 6.45) is 0.828. The molecule has 7 heteroatoms. The van der Waals surface area contributed by atoms with Crippen molar-refractivity contribution < 1.29 is 28.6 Å². The number of hydroxylamine groups is 2. The summed E-state index contributed by atoms with van der Waals surface area (Å²) in [5.41, 5.74) is 1.58. The van der Waals surface area contributed by atoms with Gasteiger partial charge in [-0.2, -0.15) is 5.06 Å². The Balaban J connectivity index is 1.39. The minimum Gasteiger partial charge on any atom is -0.497 e. The van der Waals surface area contributed by atoms with Crippen molar-refractivity contribution in [2.24, 2.45) is 5.41 Å². The van der Waals surface area contributed by atoms with Crippen LogP contribution in [0.15, 0.2) is 54.6 Å². The second-order valence-electron chi connectivity index (χ2n) is 8.75. The standard InChI is InChI=1S/C25H29NO6/c1-28-19-10-8-17(9-11-19)14-26-23-24(27)32-22-13-20(29-2)12-21(25(22,23)16-31-26)30-15-18-6-4-3-5-7-18/h3-11,20-23H,12-16H2,1-2H3/t20?,21?,22?,23-,25?/m1/s1. The number of esters is 1. The topological polar surface area (TPSA) is 66.5 Å². The molecule has 7 nitrogen and oxygen atoms in total. The normalized spacial score (nSPS) is 31.8. The highest BCUT2D eigenvalue weighted by Crippen LogP contribution is 2.53. The summed E-state index contributed by atoms with van der Waals surface area (Å²) in [6.45, 7) is 1.34. The summed E-state index contributed by atoms with van der Waals surface area (Å²) < 4.78 is 23.3. The third kappa shape index (κ3) is 3.69. The Kier molecular flexibility index (Phi) is 5.90. The SMILES string of the molecule is COc1ccc(CN2OCC34C(OCc5ccccc5)CC(OC)CC3OC(=O)[C@@H]24)cc1. The maximum Gasteiger partial charge on any atom is 0.327 e. The molecule has 4 unspecified atom stereocenters. The molecule has 0 amide bonds. The quantitative estimate of drug-likeness (QED) is 0.614. The molecule has 0 N–H and O–H groups in total. The van der Waals surface area contributed by atoms with E-state index >= 15 is 0 Å². The lowest BCUT2D eigenvalue weighted by atomic mass is 9.66. The van der Waals surface area contributed by atoms with Crippen LogP contribution in [0.1, 0.15) is 24.0 Å². The molecule has 2 aliphatic heterocycles. The van der Waals surface area contributed by atoms with Crippen molar-refractivity contribution in [1.82, 2.24) is 5.06 Å². The van der Waals surface area contributed by atoms with Crippen molar-refractivity contribution in [3.8, 4) is 5.75 Å². The average Bonchev–Trinajstić information content (AvgIpc) is 3.34. The summed E-state index contributed by atoms with van der Waals surface area (Å²) in [4.78, 5) is 19.2. The van der Waals surface area contributed by atoms with E-state index in [9.17, 15) is 4.79 Å². The minimum atomic E-state index is -0.548. The summed E-state index contributed by atoms with van der Waals surface area (Å²) in [5.74, 6) is 0.547. The van der Waals surface area contributed by atoms with Crippen molar-refractivity contribution in [3.05, 3.63) is 65.7 Å². The molecule has 5 atom stereocenters. The number of nitrogens with zero attached hydrogens (tertiary/aromatic N) is 1. The minimum absolute atomic E-state index is 0.0198. The van der Waals surface area contributed by atoms with Gasteiger partial charge in [-0.25, -0.2) is 0 Å². The molecule has 1 saturated carbocycles. The van der Waals surface area contributed by atoms with Crippen LogP contribution in [0.25, 0.3) is 0 Å². The molecule has 3 aliphatic rings. The Hall–Kier alpha value is -2.45. The number of hydrogen-bond acceptors (Lipinski definition) is 7. The lowest BCUT2D eigenvalue weighted by Gasteiger charge is -2.44. The second kappa shape index (κ2) is 8.83. The molecule has 5 rings (SSSR count). The van der Waals surface area contributed by atoms with Crippen molar-refractivity contribution in [1.29, 1.82) is 0 Å². The van der Waals surface area contributed by atoms with E-state index in [0.717, 1.165) is 16.9 Å². The zero-order chi connectivity index (χ0) is 22.1. The van der Waals surface area contributed by atoms with Crippen LogP contribution in [0.4, 0.5) is 0 Å². The Bertz CT molecular complexity index is 935. The van der Waals surface area contributed by atoms with Gasteiger partial charge in [0, 0.05) is 20.0 Å². The van der Waals surface area contributed by atoms with Gasteiger partial charge in [0.15, 0.2) is 0 Å². The highest BCUT2D eigenvalue weighted by molar-refractivity contribution is 5.80. The van der Waals surface area contributed by atoms with Gasteiger partial charge in [-0.15, -0.1) is 0 Å². The molecule has 2 heterocycles. The molecule has 0 bridgehead atoms. The van der Waals surface area contributed by atoms with E-state index in [-0.39, 0.29) is 24.3 Å². The van der Waals surface area contributed by atoms with Crippen LogP contribution in [0.3, 0.4) is 0 Å². The molecule has 1 aliphatic carbocycles. The number of benzene rings is 2. The molecule has 3 fully saturated rings. The first-order valence-corrected chi connectivity index (χ1v) is 11.1. The van der Waals surface area contributed by atoms with Crippen LogP contribution in [-0.2, 0) is 37.0 Å². The smallest absolute Gasteiger partial charge is 0.327 e. The van der Waals surface area contributed by atoms with Crippen molar-refractivity contribution >= 4 is 5.97 Å². The molecule has 0 aromatic heterocycles. The van der Waals surface area contributed by atoms with Crippen LogP contribution in [-0.4, -0.2) is 56.2 Å². The van der Waals surface area contributed by atoms with Gasteiger partial charge in [0.2, 0.25) is 0 Å². The van der Waals surface area contributed by atoms with E-state index in [1.165, 1.54) is 0 Å². The summed E-state index contributed by atoms with van der Waals surface area (Å²) in [7, 11) is 3.34. The first-order chi connectivity index (χ1) is 15.6. The van der Waals surface area contributed by atoms with E-state index < -0.39 is 11.5 Å². The fraction of sp³-hybridized carbons (Fsp3) is 0.480. The maximum absolute atomic E-state index is 13.1. The summed E-state index contributed by atoms with van der Waals surface area (Å²) in [6, 6.07) is 17.3. The number of methoxy groups -OCH3 is 2. The zero-order valence-corrected chi connectivity index (χ0v) is 18.4. The van der Waals surface area contributed by atoms with Crippen LogP contribution >= 0.6 is 0 Å². The van der Waals surface area contributed by atoms with E-state index in [1.807, 2.05) is 54.6 Å². The largest absolute Gasteiger partial charge is 0.497 e. The van der Waals surface area contributed by atoms with Gasteiger partial charge in [-0.1, -0.05) is 42.5 Å². The van der Waals surface area contributed by atoms with Gasteiger partial charge in [-0.3, -0.25) is 9.63 Å². The molecular weight excluding hydrogens is 410 g/mol. The maximum atomic E-state index is 13.1. The predicted octanol–water partition coefficient (Wildman–Crippen LogP) is 3.12. The Labute approximate surface area is 188 Å². The van der Waals surface area contributed by atoms with Crippen LogP contribution in [0, 0.1) is 5.41 Å². The average molecular weight is 440 g/mol. The predicted molar refractivity (Wildman–Crippen MR) is 116 cm³/mol. The Morgan fingerprint density at radius 2 is 1.81 bits per heavy atom. The number of carbonyl (C=O) groups is 1. The highest BCUT2D eigenvalue weighted by atomic mass is 16.7. The van der Waals surface area contributed by atoms with Gasteiger partial charge in [0.25, 0.3) is 0 Å². The van der Waals surface area contributed by atoms with E-state index in [1.54, 1.807) is 19.3 Å². The second-order valence-corrected chi connectivity index (χ2v) is 8.75. The lowest BCUT2D eigenvalue weighted by Crippen LogP contribution is -2.57. The zero-order valence-electron chi connectivity index (χ0n) is 18.4. The summed E-state index contributed by atoms with van der Waals surface area (Å²) in [5, 5.41) is 1.77. The third-order valence-electron chi connectivity index (χ3n) is 7.04. The highest BCUT2D eigenvalue weighted by Gasteiger charge is 2.69. The van der Waals surface area contributed by atoms with Crippen molar-refractivity contribution in [2.75, 3.05) is 20.8 Å². The molecule has 2 saturated heterocycles. The number of rotatable bonds is 7. The van der Waals surface area contributed by atoms with E-state index in [2.05, 4.69) is 0 Å². The van der Waals surface area contributed by atoms with Crippen molar-refractivity contribution in [3.63, 3.8) is 0 Å². The first-order valence-electron chi connectivity index (χ1n) is 11.1. The fourth-order valence-corrected chi connectivity index (χ4v) is 5.31. The van der Waals surface area contributed by atoms with Crippen LogP contribution < -0.4 is 4.74 Å². The molecule has 170 valence electrons. The fourth-order valence-electron chi connectivity index (χ4n) is 5.31.